The zero-order valence-corrected chi connectivity index (χ0v) is 13.2. The van der Waals surface area contributed by atoms with Gasteiger partial charge in [0.25, 0.3) is 0 Å². The molecule has 1 N–H and O–H groups in total. The van der Waals surface area contributed by atoms with Crippen LogP contribution in [-0.2, 0) is 4.74 Å². The highest BCUT2D eigenvalue weighted by molar-refractivity contribution is 4.86. The third-order valence-electron chi connectivity index (χ3n) is 5.04. The van der Waals surface area contributed by atoms with E-state index in [4.69, 9.17) is 4.74 Å². The summed E-state index contributed by atoms with van der Waals surface area (Å²) < 4.78 is 5.81. The molecule has 0 amide bonds. The highest BCUT2D eigenvalue weighted by Crippen LogP contribution is 2.39. The molecule has 3 heteroatoms. The monoisotopic (exact) mass is 268 g/mol. The van der Waals surface area contributed by atoms with E-state index in [1.807, 2.05) is 7.05 Å². The molecule has 0 spiro atoms. The van der Waals surface area contributed by atoms with Crippen molar-refractivity contribution in [3.63, 3.8) is 0 Å². The molecule has 0 bridgehead atoms. The van der Waals surface area contributed by atoms with Crippen LogP contribution in [0, 0.1) is 11.3 Å². The summed E-state index contributed by atoms with van der Waals surface area (Å²) in [4.78, 5) is 2.68. The van der Waals surface area contributed by atoms with Gasteiger partial charge < -0.3 is 10.1 Å². The van der Waals surface area contributed by atoms with Crippen molar-refractivity contribution in [2.24, 2.45) is 11.3 Å². The fourth-order valence-corrected chi connectivity index (χ4v) is 3.73. The molecule has 0 aromatic rings. The van der Waals surface area contributed by atoms with Crippen LogP contribution >= 0.6 is 0 Å². The van der Waals surface area contributed by atoms with Crippen molar-refractivity contribution in [3.8, 4) is 0 Å². The van der Waals surface area contributed by atoms with Gasteiger partial charge in [0.2, 0.25) is 0 Å². The van der Waals surface area contributed by atoms with Crippen molar-refractivity contribution in [2.45, 2.75) is 58.6 Å². The largest absolute Gasteiger partial charge is 0.374 e. The summed E-state index contributed by atoms with van der Waals surface area (Å²) in [5.41, 5.74) is 0.491. The first-order valence-electron chi connectivity index (χ1n) is 8.01. The molecule has 1 aliphatic heterocycles. The molecule has 1 saturated heterocycles. The summed E-state index contributed by atoms with van der Waals surface area (Å²) >= 11 is 0. The number of hydrogen-bond acceptors (Lipinski definition) is 3. The van der Waals surface area contributed by atoms with E-state index >= 15 is 0 Å². The molecule has 2 fully saturated rings. The smallest absolute Gasteiger partial charge is 0.0826 e. The molecule has 1 saturated carbocycles. The van der Waals surface area contributed by atoms with Crippen LogP contribution in [0.1, 0.15) is 46.5 Å². The second-order valence-electron chi connectivity index (χ2n) is 7.42. The Morgan fingerprint density at radius 1 is 1.16 bits per heavy atom. The molecule has 2 aliphatic rings. The van der Waals surface area contributed by atoms with Gasteiger partial charge in [0.05, 0.1) is 12.7 Å². The van der Waals surface area contributed by atoms with Crippen molar-refractivity contribution in [1.82, 2.24) is 10.2 Å². The summed E-state index contributed by atoms with van der Waals surface area (Å²) in [5.74, 6) is 0.915. The van der Waals surface area contributed by atoms with E-state index in [2.05, 4.69) is 31.0 Å². The number of rotatable bonds is 3. The average molecular weight is 268 g/mol. The van der Waals surface area contributed by atoms with E-state index in [0.29, 0.717) is 11.5 Å². The molecule has 0 radical (unpaired) electrons. The second kappa shape index (κ2) is 6.55. The Hall–Kier alpha value is -0.120. The maximum Gasteiger partial charge on any atom is 0.0826 e. The predicted octanol–water partition coefficient (Wildman–Crippen LogP) is 2.51. The fourth-order valence-electron chi connectivity index (χ4n) is 3.73. The quantitative estimate of drug-likeness (QED) is 0.851. The van der Waals surface area contributed by atoms with Gasteiger partial charge in [0.1, 0.15) is 0 Å². The number of likely N-dealkylation sites (N-methyl/N-ethyl adjacent to an activating group) is 1. The molecule has 0 aromatic carbocycles. The van der Waals surface area contributed by atoms with Gasteiger partial charge >= 0.3 is 0 Å². The summed E-state index contributed by atoms with van der Waals surface area (Å²) in [6.45, 7) is 11.3. The molecule has 112 valence electrons. The van der Waals surface area contributed by atoms with E-state index in [1.165, 1.54) is 25.7 Å². The summed E-state index contributed by atoms with van der Waals surface area (Å²) in [6.07, 6.45) is 5.96. The standard InChI is InChI=1S/C16H32N2O/c1-16(2,3)13-5-7-14(8-6-13)18-9-10-19-15(12-18)11-17-4/h13-15,17H,5-12H2,1-4H3. The molecule has 0 aromatic heterocycles. The molecule has 3 nitrogen and oxygen atoms in total. The van der Waals surface area contributed by atoms with Crippen molar-refractivity contribution in [2.75, 3.05) is 33.3 Å². The number of nitrogens with one attached hydrogen (secondary N) is 1. The normalized spacial score (nSPS) is 34.4. The average Bonchev–Trinajstić information content (AvgIpc) is 2.39. The Morgan fingerprint density at radius 2 is 1.84 bits per heavy atom. The maximum absolute atomic E-state index is 5.81. The van der Waals surface area contributed by atoms with Crippen LogP contribution in [0.4, 0.5) is 0 Å². The minimum atomic E-state index is 0.388. The highest BCUT2D eigenvalue weighted by Gasteiger charge is 2.33. The molecule has 19 heavy (non-hydrogen) atoms. The van der Waals surface area contributed by atoms with E-state index in [0.717, 1.165) is 38.2 Å². The summed E-state index contributed by atoms with van der Waals surface area (Å²) in [5, 5.41) is 3.24. The number of nitrogens with zero attached hydrogens (tertiary/aromatic N) is 1. The summed E-state index contributed by atoms with van der Waals surface area (Å²) in [6, 6.07) is 0.807. The van der Waals surface area contributed by atoms with Crippen LogP contribution in [-0.4, -0.2) is 50.3 Å². The van der Waals surface area contributed by atoms with Crippen LogP contribution < -0.4 is 5.32 Å². The molecule has 1 atom stereocenters. The van der Waals surface area contributed by atoms with E-state index < -0.39 is 0 Å². The van der Waals surface area contributed by atoms with Crippen LogP contribution in [0.15, 0.2) is 0 Å². The number of ether oxygens (including phenoxy) is 1. The van der Waals surface area contributed by atoms with E-state index in [9.17, 15) is 0 Å². The van der Waals surface area contributed by atoms with Crippen molar-refractivity contribution in [1.29, 1.82) is 0 Å². The zero-order valence-electron chi connectivity index (χ0n) is 13.2. The minimum Gasteiger partial charge on any atom is -0.374 e. The lowest BCUT2D eigenvalue weighted by Gasteiger charge is -2.43. The maximum atomic E-state index is 5.81. The topological polar surface area (TPSA) is 24.5 Å². The predicted molar refractivity (Wildman–Crippen MR) is 80.4 cm³/mol. The van der Waals surface area contributed by atoms with E-state index in [1.54, 1.807) is 0 Å². The summed E-state index contributed by atoms with van der Waals surface area (Å²) in [7, 11) is 2.01. The minimum absolute atomic E-state index is 0.388. The molecular weight excluding hydrogens is 236 g/mol. The van der Waals surface area contributed by atoms with E-state index in [-0.39, 0.29) is 0 Å². The van der Waals surface area contributed by atoms with Gasteiger partial charge in [-0.15, -0.1) is 0 Å². The van der Waals surface area contributed by atoms with Gasteiger partial charge in [-0.25, -0.2) is 0 Å². The van der Waals surface area contributed by atoms with Gasteiger partial charge in [-0.2, -0.15) is 0 Å². The van der Waals surface area contributed by atoms with Crippen molar-refractivity contribution >= 4 is 0 Å². The van der Waals surface area contributed by atoms with Gasteiger partial charge in [0.15, 0.2) is 0 Å². The lowest BCUT2D eigenvalue weighted by Crippen LogP contribution is -2.51. The zero-order chi connectivity index (χ0) is 13.9. The van der Waals surface area contributed by atoms with Crippen molar-refractivity contribution < 1.29 is 4.74 Å². The van der Waals surface area contributed by atoms with Crippen LogP contribution in [0.25, 0.3) is 0 Å². The Bertz CT molecular complexity index is 264. The molecule has 1 heterocycles. The third kappa shape index (κ3) is 4.17. The van der Waals surface area contributed by atoms with Gasteiger partial charge in [-0.05, 0) is 44.1 Å². The lowest BCUT2D eigenvalue weighted by molar-refractivity contribution is -0.0505. The molecule has 1 unspecified atom stereocenters. The van der Waals surface area contributed by atoms with Gasteiger partial charge in [-0.1, -0.05) is 20.8 Å². The Kier molecular flexibility index (Phi) is 5.27. The molecule has 2 rings (SSSR count). The van der Waals surface area contributed by atoms with Crippen LogP contribution in [0.5, 0.6) is 0 Å². The Balaban J connectivity index is 1.81. The second-order valence-corrected chi connectivity index (χ2v) is 7.42. The first-order chi connectivity index (χ1) is 9.00. The fraction of sp³-hybridized carbons (Fsp3) is 1.00. The van der Waals surface area contributed by atoms with Gasteiger partial charge in [0, 0.05) is 25.7 Å². The lowest BCUT2D eigenvalue weighted by atomic mass is 9.71. The molecule has 1 aliphatic carbocycles. The first-order valence-corrected chi connectivity index (χ1v) is 8.01. The Morgan fingerprint density at radius 3 is 2.42 bits per heavy atom. The molecular formula is C16H32N2O. The number of hydrogen-bond donors (Lipinski definition) is 1. The van der Waals surface area contributed by atoms with Crippen molar-refractivity contribution in [3.05, 3.63) is 0 Å². The SMILES string of the molecule is CNCC1CN(C2CCC(C(C)(C)C)CC2)CCO1. The van der Waals surface area contributed by atoms with Crippen LogP contribution in [0.3, 0.4) is 0 Å². The number of morpholine rings is 1. The Labute approximate surface area is 119 Å². The van der Waals surface area contributed by atoms with Gasteiger partial charge in [-0.3, -0.25) is 4.90 Å². The highest BCUT2D eigenvalue weighted by atomic mass is 16.5. The van der Waals surface area contributed by atoms with Crippen LogP contribution in [0.2, 0.25) is 0 Å². The first kappa shape index (κ1) is 15.3. The third-order valence-corrected chi connectivity index (χ3v) is 5.04.